The zero-order valence-corrected chi connectivity index (χ0v) is 36.3. The van der Waals surface area contributed by atoms with E-state index in [1.807, 2.05) is 48.5 Å². The first-order valence-corrected chi connectivity index (χ1v) is 22.9. The second kappa shape index (κ2) is 17.5. The van der Waals surface area contributed by atoms with E-state index < -0.39 is 29.6 Å². The Morgan fingerprint density at radius 1 is 0.697 bits per heavy atom. The number of nitrogens with zero attached hydrogens (tertiary/aromatic N) is 10. The molecule has 4 heterocycles. The van der Waals surface area contributed by atoms with E-state index in [4.69, 9.17) is 15.1 Å². The van der Waals surface area contributed by atoms with Crippen molar-refractivity contribution in [2.75, 3.05) is 0 Å². The maximum absolute atomic E-state index is 15.4. The minimum atomic E-state index is -4.67. The average Bonchev–Trinajstić information content (AvgIpc) is 3.86. The molecule has 1 saturated carbocycles. The van der Waals surface area contributed by atoms with Gasteiger partial charge in [0.05, 0.1) is 45.8 Å². The lowest BCUT2D eigenvalue weighted by atomic mass is 9.83. The highest BCUT2D eigenvalue weighted by Gasteiger charge is 2.42. The molecule has 9 aromatic rings. The first kappa shape index (κ1) is 42.5. The van der Waals surface area contributed by atoms with Crippen LogP contribution in [0.1, 0.15) is 74.7 Å². The van der Waals surface area contributed by atoms with Crippen molar-refractivity contribution in [1.29, 1.82) is 10.5 Å². The van der Waals surface area contributed by atoms with Crippen LogP contribution < -0.4 is 4.68 Å². The smallest absolute Gasteiger partial charge is 0.274 e. The number of rotatable bonds is 9. The Hall–Kier alpha value is -7.47. The van der Waals surface area contributed by atoms with Crippen molar-refractivity contribution >= 4 is 79.5 Å². The molecule has 1 aliphatic rings. The minimum absolute atomic E-state index is 0.136. The Labute approximate surface area is 382 Å². The molecule has 0 amide bonds. The number of benzene rings is 5. The van der Waals surface area contributed by atoms with Crippen LogP contribution in [0, 0.1) is 28.6 Å². The zero-order valence-electron chi connectivity index (χ0n) is 34.7. The van der Waals surface area contributed by atoms with Crippen molar-refractivity contribution < 1.29 is 27.4 Å². The van der Waals surface area contributed by atoms with Crippen LogP contribution in [0.15, 0.2) is 132 Å². The molecule has 0 bridgehead atoms. The molecule has 324 valence electrons. The van der Waals surface area contributed by atoms with Crippen molar-refractivity contribution in [1.82, 2.24) is 34.4 Å². The molecular formula is C49H34F3N10O2S2+. The Morgan fingerprint density at radius 2 is 1.30 bits per heavy atom. The summed E-state index contributed by atoms with van der Waals surface area (Å²) in [6.07, 6.45) is -2.08. The standard InChI is InChI=1S/C49H34F3N10O2S2/c50-49(51,52)34-17-11-16-29(24-34)45(63)60-39-22-9-6-19-36(39)42-44(60)56-48(66-28-33-15-4-2-13-31(33)26-54)62(59-42)40-23-10-7-20-37(40)46(64)61-38-21-8-5-18-35(38)41-43(61)55-47(58-57-41)65-27-32-14-3-1-12-30(32)25-53/h1-6,8-9,11-19,21-22,24,37,40H,7,10,20,23,27-28H2/q+1. The van der Waals surface area contributed by atoms with Crippen molar-refractivity contribution in [2.24, 2.45) is 5.92 Å². The quantitative estimate of drug-likeness (QED) is 0.100. The van der Waals surface area contributed by atoms with E-state index in [1.54, 1.807) is 57.8 Å². The van der Waals surface area contributed by atoms with Crippen LogP contribution in [0.4, 0.5) is 13.2 Å². The maximum Gasteiger partial charge on any atom is 0.416 e. The average molecular weight is 916 g/mol. The SMILES string of the molecule is N#Cc1ccccc1CSc1nnc2c3ccccc3n(C(=O)C3CCCCC3[n+]3nc4c5ccccc5n(C(=O)c5cccc(C(F)(F)F)c5)c4nc3SCc3ccccc3C#N)c2n1. The molecule has 2 atom stereocenters. The number of nitriles is 2. The molecule has 17 heteroatoms. The highest BCUT2D eigenvalue weighted by molar-refractivity contribution is 7.98. The molecule has 10 rings (SSSR count). The van der Waals surface area contributed by atoms with E-state index in [1.165, 1.54) is 40.2 Å². The highest BCUT2D eigenvalue weighted by atomic mass is 32.2. The number of hydrogen-bond acceptors (Lipinski definition) is 11. The van der Waals surface area contributed by atoms with Crippen molar-refractivity contribution in [3.8, 4) is 12.1 Å². The van der Waals surface area contributed by atoms with Gasteiger partial charge in [-0.15, -0.1) is 14.9 Å². The van der Waals surface area contributed by atoms with Gasteiger partial charge in [0, 0.05) is 27.8 Å². The van der Waals surface area contributed by atoms with E-state index in [9.17, 15) is 28.5 Å². The number of para-hydroxylation sites is 2. The van der Waals surface area contributed by atoms with E-state index in [0.717, 1.165) is 36.1 Å². The van der Waals surface area contributed by atoms with Gasteiger partial charge in [-0.3, -0.25) is 14.2 Å². The summed E-state index contributed by atoms with van der Waals surface area (Å²) in [5.41, 5.74) is 3.73. The van der Waals surface area contributed by atoms with E-state index >= 15 is 4.79 Å². The van der Waals surface area contributed by atoms with E-state index in [-0.39, 0.29) is 22.9 Å². The van der Waals surface area contributed by atoms with E-state index in [2.05, 4.69) is 22.3 Å². The summed E-state index contributed by atoms with van der Waals surface area (Å²) in [4.78, 5) is 39.9. The van der Waals surface area contributed by atoms with Crippen LogP contribution in [0.5, 0.6) is 0 Å². The molecule has 4 aromatic heterocycles. The first-order chi connectivity index (χ1) is 32.1. The Morgan fingerprint density at radius 3 is 2.00 bits per heavy atom. The number of carbonyl (C=O) groups is 2. The van der Waals surface area contributed by atoms with Crippen LogP contribution in [0.2, 0.25) is 0 Å². The molecular weight excluding hydrogens is 882 g/mol. The third kappa shape index (κ3) is 7.69. The molecule has 0 saturated heterocycles. The summed E-state index contributed by atoms with van der Waals surface area (Å²) in [7, 11) is 0. The highest BCUT2D eigenvalue weighted by Crippen LogP contribution is 2.38. The Bertz CT molecular complexity index is 3500. The second-order valence-electron chi connectivity index (χ2n) is 15.8. The number of aromatic nitrogens is 8. The van der Waals surface area contributed by atoms with Gasteiger partial charge < -0.3 is 0 Å². The van der Waals surface area contributed by atoms with Crippen LogP contribution in [0.25, 0.3) is 44.1 Å². The predicted octanol–water partition coefficient (Wildman–Crippen LogP) is 10.3. The van der Waals surface area contributed by atoms with Crippen LogP contribution >= 0.6 is 23.5 Å². The number of hydrogen-bond donors (Lipinski definition) is 0. The van der Waals surface area contributed by atoms with Crippen LogP contribution in [-0.2, 0) is 17.7 Å². The van der Waals surface area contributed by atoms with Gasteiger partial charge in [0.15, 0.2) is 11.2 Å². The fourth-order valence-electron chi connectivity index (χ4n) is 8.73. The molecule has 1 aliphatic carbocycles. The number of alkyl halides is 3. The monoisotopic (exact) mass is 915 g/mol. The number of fused-ring (bicyclic) bond motifs is 6. The minimum Gasteiger partial charge on any atom is -0.274 e. The lowest BCUT2D eigenvalue weighted by molar-refractivity contribution is -0.816. The van der Waals surface area contributed by atoms with Crippen LogP contribution in [-0.4, -0.2) is 46.2 Å². The van der Waals surface area contributed by atoms with Gasteiger partial charge in [-0.2, -0.15) is 23.7 Å². The van der Waals surface area contributed by atoms with E-state index in [0.29, 0.717) is 78.5 Å². The van der Waals surface area contributed by atoms with Gasteiger partial charge >= 0.3 is 11.3 Å². The topological polar surface area (TPSA) is 160 Å². The largest absolute Gasteiger partial charge is 0.416 e. The molecule has 0 aliphatic heterocycles. The molecule has 12 nitrogen and oxygen atoms in total. The van der Waals surface area contributed by atoms with Gasteiger partial charge in [-0.05, 0) is 89.6 Å². The summed E-state index contributed by atoms with van der Waals surface area (Å²) in [6, 6.07) is 37.1. The molecule has 0 radical (unpaired) electrons. The summed E-state index contributed by atoms with van der Waals surface area (Å²) >= 11 is 2.60. The predicted molar refractivity (Wildman–Crippen MR) is 242 cm³/mol. The molecule has 1 fully saturated rings. The van der Waals surface area contributed by atoms with Crippen LogP contribution in [0.3, 0.4) is 0 Å². The molecule has 66 heavy (non-hydrogen) atoms. The van der Waals surface area contributed by atoms with Crippen molar-refractivity contribution in [2.45, 2.75) is 59.7 Å². The molecule has 0 spiro atoms. The molecule has 5 aromatic carbocycles. The zero-order chi connectivity index (χ0) is 45.5. The first-order valence-electron chi connectivity index (χ1n) is 21.0. The Kier molecular flexibility index (Phi) is 11.3. The number of carbonyl (C=O) groups excluding carboxylic acids is 2. The van der Waals surface area contributed by atoms with Gasteiger partial charge in [-0.25, -0.2) is 9.55 Å². The fraction of sp³-hybridized carbons (Fsp3) is 0.184. The summed E-state index contributed by atoms with van der Waals surface area (Å²) in [6.45, 7) is 0. The third-order valence-electron chi connectivity index (χ3n) is 11.9. The lowest BCUT2D eigenvalue weighted by Gasteiger charge is -2.28. The number of thioether (sulfide) groups is 2. The second-order valence-corrected chi connectivity index (χ2v) is 17.7. The van der Waals surface area contributed by atoms with Crippen molar-refractivity contribution in [3.05, 3.63) is 155 Å². The summed E-state index contributed by atoms with van der Waals surface area (Å²) in [5, 5.41) is 35.8. The maximum atomic E-state index is 15.4. The van der Waals surface area contributed by atoms with Gasteiger partial charge in [0.2, 0.25) is 11.1 Å². The third-order valence-corrected chi connectivity index (χ3v) is 13.8. The molecule has 0 N–H and O–H groups in total. The van der Waals surface area contributed by atoms with Gasteiger partial charge in [-0.1, -0.05) is 102 Å². The lowest BCUT2D eigenvalue weighted by Crippen LogP contribution is -2.52. The molecule has 2 unspecified atom stereocenters. The summed E-state index contributed by atoms with van der Waals surface area (Å²) < 4.78 is 46.3. The Balaban J connectivity index is 1.11. The van der Waals surface area contributed by atoms with Gasteiger partial charge in [0.25, 0.3) is 11.6 Å². The number of halogens is 3. The fourth-order valence-corrected chi connectivity index (χ4v) is 10.5. The summed E-state index contributed by atoms with van der Waals surface area (Å²) in [5.74, 6) is -0.890. The normalized spacial score (nSPS) is 15.3. The van der Waals surface area contributed by atoms with Gasteiger partial charge in [0.1, 0.15) is 11.6 Å². The van der Waals surface area contributed by atoms with Crippen molar-refractivity contribution in [3.63, 3.8) is 0 Å².